The largest absolute Gasteiger partial charge is 0.544 e. The number of aliphatic carboxylic acids is 1. The molecule has 0 aliphatic carbocycles. The van der Waals surface area contributed by atoms with Gasteiger partial charge in [0.2, 0.25) is 0 Å². The summed E-state index contributed by atoms with van der Waals surface area (Å²) in [7, 11) is 0. The van der Waals surface area contributed by atoms with Gasteiger partial charge in [-0.1, -0.05) is 52.7 Å². The van der Waals surface area contributed by atoms with Crippen molar-refractivity contribution < 1.29 is 19.5 Å². The predicted molar refractivity (Wildman–Crippen MR) is 108 cm³/mol. The summed E-state index contributed by atoms with van der Waals surface area (Å²) < 4.78 is 0.484. The molecule has 2 atom stereocenters. The number of carbonyl (C=O) groups is 1. The second-order valence-corrected chi connectivity index (χ2v) is 7.62. The smallest absolute Gasteiger partial charge is 0.129 e. The molecule has 0 spiro atoms. The molecule has 0 saturated carbocycles. The molecule has 1 N–H and O–H groups in total. The van der Waals surface area contributed by atoms with Crippen molar-refractivity contribution in [2.75, 3.05) is 19.6 Å². The number of carboxylic acids is 1. The van der Waals surface area contributed by atoms with Crippen LogP contribution < -0.4 is 5.11 Å². The molecule has 154 valence electrons. The summed E-state index contributed by atoms with van der Waals surface area (Å²) in [6.45, 7) is 10.5. The quantitative estimate of drug-likeness (QED) is 0.241. The van der Waals surface area contributed by atoms with Gasteiger partial charge in [-0.2, -0.15) is 0 Å². The Balaban J connectivity index is 5.30. The normalized spacial score (nSPS) is 14.7. The number of allylic oxidation sites excluding steroid dienone is 2. The van der Waals surface area contributed by atoms with Crippen LogP contribution in [0.4, 0.5) is 0 Å². The number of carboxylic acid groups (broad SMARTS) is 1. The van der Waals surface area contributed by atoms with Gasteiger partial charge >= 0.3 is 0 Å². The van der Waals surface area contributed by atoms with E-state index in [0.29, 0.717) is 23.9 Å². The SMILES string of the molecule is CC/C=C/CCC(O)C[N+](CCCCC)(CCCCC)C(CC)C(=O)[O-]. The first kappa shape index (κ1) is 25.1. The van der Waals surface area contributed by atoms with Crippen molar-refractivity contribution in [3.05, 3.63) is 12.2 Å². The maximum atomic E-state index is 11.9. The zero-order chi connectivity index (χ0) is 19.8. The Labute approximate surface area is 161 Å². The Morgan fingerprint density at radius 3 is 2.00 bits per heavy atom. The molecule has 0 aliphatic heterocycles. The molecule has 0 radical (unpaired) electrons. The van der Waals surface area contributed by atoms with Crippen LogP contribution in [-0.4, -0.2) is 47.3 Å². The molecule has 0 amide bonds. The fourth-order valence-corrected chi connectivity index (χ4v) is 3.95. The van der Waals surface area contributed by atoms with Crippen LogP contribution in [0.2, 0.25) is 0 Å². The van der Waals surface area contributed by atoms with Crippen LogP contribution in [0, 0.1) is 0 Å². The number of hydrogen-bond donors (Lipinski definition) is 1. The van der Waals surface area contributed by atoms with E-state index in [9.17, 15) is 15.0 Å². The Kier molecular flexibility index (Phi) is 14.7. The third-order valence-electron chi connectivity index (χ3n) is 5.38. The Bertz CT molecular complexity index is 372. The summed E-state index contributed by atoms with van der Waals surface area (Å²) >= 11 is 0. The van der Waals surface area contributed by atoms with Crippen LogP contribution in [0.25, 0.3) is 0 Å². The van der Waals surface area contributed by atoms with Gasteiger partial charge in [0.15, 0.2) is 0 Å². The molecule has 26 heavy (non-hydrogen) atoms. The van der Waals surface area contributed by atoms with Gasteiger partial charge in [0.05, 0.1) is 19.1 Å². The molecule has 4 heteroatoms. The molecule has 0 bridgehead atoms. The molecule has 2 unspecified atom stereocenters. The first-order chi connectivity index (χ1) is 12.5. The minimum atomic E-state index is -0.960. The molecule has 4 nitrogen and oxygen atoms in total. The molecule has 0 aliphatic rings. The summed E-state index contributed by atoms with van der Waals surface area (Å²) in [5.74, 6) is -0.960. The minimum absolute atomic E-state index is 0.465. The number of aliphatic hydroxyl groups is 1. The van der Waals surface area contributed by atoms with E-state index < -0.39 is 18.1 Å². The first-order valence-corrected chi connectivity index (χ1v) is 10.9. The number of hydrogen-bond acceptors (Lipinski definition) is 3. The molecule has 0 heterocycles. The Morgan fingerprint density at radius 2 is 1.58 bits per heavy atom. The molecule has 0 aromatic carbocycles. The number of aliphatic hydroxyl groups excluding tert-OH is 1. The third kappa shape index (κ3) is 9.72. The maximum Gasteiger partial charge on any atom is 0.129 e. The third-order valence-corrected chi connectivity index (χ3v) is 5.38. The average molecular weight is 370 g/mol. The van der Waals surface area contributed by atoms with Gasteiger partial charge in [0.1, 0.15) is 18.7 Å². The molecular formula is C22H43NO3. The number of rotatable bonds is 17. The van der Waals surface area contributed by atoms with Crippen LogP contribution in [0.3, 0.4) is 0 Å². The van der Waals surface area contributed by atoms with E-state index in [2.05, 4.69) is 32.9 Å². The highest BCUT2D eigenvalue weighted by Gasteiger charge is 2.37. The summed E-state index contributed by atoms with van der Waals surface area (Å²) in [5.41, 5.74) is 0. The van der Waals surface area contributed by atoms with Crippen molar-refractivity contribution in [1.82, 2.24) is 0 Å². The predicted octanol–water partition coefficient (Wildman–Crippen LogP) is 3.82. The van der Waals surface area contributed by atoms with Crippen molar-refractivity contribution in [1.29, 1.82) is 0 Å². The van der Waals surface area contributed by atoms with Gasteiger partial charge in [0.25, 0.3) is 0 Å². The summed E-state index contributed by atoms with van der Waals surface area (Å²) in [5, 5.41) is 22.6. The second kappa shape index (κ2) is 15.2. The summed E-state index contributed by atoms with van der Waals surface area (Å²) in [6.07, 6.45) is 13.3. The lowest BCUT2D eigenvalue weighted by Crippen LogP contribution is -2.64. The van der Waals surface area contributed by atoms with Gasteiger partial charge in [-0.15, -0.1) is 0 Å². The van der Waals surface area contributed by atoms with E-state index in [-0.39, 0.29) is 0 Å². The fraction of sp³-hybridized carbons (Fsp3) is 0.864. The first-order valence-electron chi connectivity index (χ1n) is 10.9. The van der Waals surface area contributed by atoms with Crippen LogP contribution >= 0.6 is 0 Å². The maximum absolute atomic E-state index is 11.9. The highest BCUT2D eigenvalue weighted by molar-refractivity contribution is 5.69. The van der Waals surface area contributed by atoms with Gasteiger partial charge in [-0.05, 0) is 44.9 Å². The standard InChI is InChI=1S/C22H43NO3/c1-5-9-12-13-16-20(24)19-23(17-14-10-6-2,18-15-11-7-3)21(8-4)22(25)26/h9,12,20-21,24H,5-8,10-11,13-19H2,1-4H3/b12-9+. The van der Waals surface area contributed by atoms with E-state index in [1.807, 2.05) is 6.92 Å². The lowest BCUT2D eigenvalue weighted by molar-refractivity contribution is -0.948. The Morgan fingerprint density at radius 1 is 1.00 bits per heavy atom. The van der Waals surface area contributed by atoms with E-state index >= 15 is 0 Å². The molecule has 0 aromatic rings. The lowest BCUT2D eigenvalue weighted by Gasteiger charge is -2.46. The number of unbranched alkanes of at least 4 members (excludes halogenated alkanes) is 4. The van der Waals surface area contributed by atoms with E-state index in [1.54, 1.807) is 0 Å². The van der Waals surface area contributed by atoms with Crippen molar-refractivity contribution in [2.45, 2.75) is 104 Å². The molecule has 0 saturated heterocycles. The van der Waals surface area contributed by atoms with Crippen molar-refractivity contribution in [2.24, 2.45) is 0 Å². The van der Waals surface area contributed by atoms with Gasteiger partial charge < -0.3 is 19.5 Å². The van der Waals surface area contributed by atoms with Crippen LogP contribution in [0.15, 0.2) is 12.2 Å². The van der Waals surface area contributed by atoms with Crippen LogP contribution in [0.5, 0.6) is 0 Å². The van der Waals surface area contributed by atoms with Crippen LogP contribution in [0.1, 0.15) is 91.9 Å². The molecule has 0 fully saturated rings. The van der Waals surface area contributed by atoms with E-state index in [1.165, 1.54) is 0 Å². The zero-order valence-corrected chi connectivity index (χ0v) is 17.7. The zero-order valence-electron chi connectivity index (χ0n) is 17.7. The van der Waals surface area contributed by atoms with E-state index in [0.717, 1.165) is 64.5 Å². The van der Waals surface area contributed by atoms with Crippen molar-refractivity contribution in [3.8, 4) is 0 Å². The number of quaternary nitrogens is 1. The molecular weight excluding hydrogens is 326 g/mol. The minimum Gasteiger partial charge on any atom is -0.544 e. The monoisotopic (exact) mass is 369 g/mol. The summed E-state index contributed by atoms with van der Waals surface area (Å²) in [4.78, 5) is 11.9. The molecule has 0 rings (SSSR count). The highest BCUT2D eigenvalue weighted by atomic mass is 16.4. The van der Waals surface area contributed by atoms with Gasteiger partial charge in [-0.3, -0.25) is 0 Å². The number of nitrogens with zero attached hydrogens (tertiary/aromatic N) is 1. The van der Waals surface area contributed by atoms with Gasteiger partial charge in [-0.25, -0.2) is 0 Å². The van der Waals surface area contributed by atoms with Crippen LogP contribution in [-0.2, 0) is 4.79 Å². The number of carbonyl (C=O) groups excluding carboxylic acids is 1. The molecule has 0 aromatic heterocycles. The summed E-state index contributed by atoms with van der Waals surface area (Å²) in [6, 6.07) is -0.524. The average Bonchev–Trinajstić information content (AvgIpc) is 2.59. The van der Waals surface area contributed by atoms with Gasteiger partial charge in [0, 0.05) is 6.42 Å². The van der Waals surface area contributed by atoms with Crippen molar-refractivity contribution in [3.63, 3.8) is 0 Å². The Hall–Kier alpha value is -0.870. The van der Waals surface area contributed by atoms with Crippen molar-refractivity contribution >= 4 is 5.97 Å². The topological polar surface area (TPSA) is 60.4 Å². The highest BCUT2D eigenvalue weighted by Crippen LogP contribution is 2.23. The lowest BCUT2D eigenvalue weighted by atomic mass is 10.0. The van der Waals surface area contributed by atoms with E-state index in [4.69, 9.17) is 0 Å². The second-order valence-electron chi connectivity index (χ2n) is 7.62. The fourth-order valence-electron chi connectivity index (χ4n) is 3.95.